The van der Waals surface area contributed by atoms with Crippen LogP contribution in [0.2, 0.25) is 0 Å². The van der Waals surface area contributed by atoms with Crippen LogP contribution in [0.4, 0.5) is 5.69 Å². The molecule has 0 bridgehead atoms. The van der Waals surface area contributed by atoms with Crippen LogP contribution in [0.3, 0.4) is 0 Å². The van der Waals surface area contributed by atoms with Gasteiger partial charge in [-0.05, 0) is 116 Å². The monoisotopic (exact) mass is 1050 g/mol. The molecule has 386 valence electrons. The highest BCUT2D eigenvalue weighted by Gasteiger charge is 2.26. The number of hydrogen-bond donors (Lipinski definition) is 1. The van der Waals surface area contributed by atoms with Crippen LogP contribution in [0, 0.1) is 0 Å². The highest BCUT2D eigenvalue weighted by Crippen LogP contribution is 2.53. The normalized spacial score (nSPS) is 12.2. The van der Waals surface area contributed by atoms with E-state index in [0.29, 0.717) is 68.7 Å². The van der Waals surface area contributed by atoms with E-state index in [4.69, 9.17) is 31.9 Å². The molecule has 0 fully saturated rings. The van der Waals surface area contributed by atoms with E-state index in [0.717, 1.165) is 112 Å². The van der Waals surface area contributed by atoms with Crippen molar-refractivity contribution < 1.29 is 36.7 Å². The van der Waals surface area contributed by atoms with E-state index in [1.807, 2.05) is 48.5 Å². The number of ether oxygens (including phenoxy) is 4. The van der Waals surface area contributed by atoms with Crippen LogP contribution < -0.4 is 28.8 Å². The Hall–Kier alpha value is -8.91. The summed E-state index contributed by atoms with van der Waals surface area (Å²) in [5, 5.41) is 19.9. The van der Waals surface area contributed by atoms with Gasteiger partial charge >= 0.3 is 8.24 Å². The number of carbonyl (C=O) groups excluding carboxylic acids is 1. The standard InChI is InChI=1S/C68H56NO8P/c1-40(41-19-9-7-10-20-41)18-8-6-11-27-60(70)69-54-25-16-17-26-55(54)75-78-76-67-50(36-58(73-4)52-38-56(71-2)48-34-32-44-30-28-42-21-12-14-23-46(42)61(44)63(48)65(52)67)51-37-59(74-5)53-39-57(72-3)49-35-33-45-31-29-43-22-13-15-24-47(43)62(45)64(49)66(53)68(51)77-78/h7,9-10,12-17,19-26,28-40H,6,8,11,18,27H2,1-5H3,(H,69,70)/t40-/m1/s1. The molecular weight excluding hydrogens is 990 g/mol. The minimum Gasteiger partial charge on any atom is -0.496 e. The van der Waals surface area contributed by atoms with Gasteiger partial charge in [-0.3, -0.25) is 4.79 Å². The summed E-state index contributed by atoms with van der Waals surface area (Å²) >= 11 is 0. The lowest BCUT2D eigenvalue weighted by Crippen LogP contribution is -2.11. The molecule has 0 spiro atoms. The van der Waals surface area contributed by atoms with Gasteiger partial charge in [0.1, 0.15) is 23.0 Å². The summed E-state index contributed by atoms with van der Waals surface area (Å²) in [6.45, 7) is 2.27. The lowest BCUT2D eigenvalue weighted by atomic mass is 9.90. The Morgan fingerprint density at radius 3 is 1.45 bits per heavy atom. The molecule has 1 amide bonds. The van der Waals surface area contributed by atoms with Crippen LogP contribution in [-0.4, -0.2) is 34.3 Å². The van der Waals surface area contributed by atoms with Crippen molar-refractivity contribution in [3.05, 3.63) is 181 Å². The van der Waals surface area contributed by atoms with Gasteiger partial charge in [0.05, 0.1) is 34.1 Å². The second kappa shape index (κ2) is 20.2. The first-order chi connectivity index (χ1) is 38.3. The highest BCUT2D eigenvalue weighted by molar-refractivity contribution is 7.32. The topological polar surface area (TPSA) is 102 Å². The summed E-state index contributed by atoms with van der Waals surface area (Å²) < 4.78 is 47.4. The number of unbranched alkanes of at least 4 members (excludes halogenated alkanes) is 2. The van der Waals surface area contributed by atoms with Crippen LogP contribution in [0.1, 0.15) is 50.5 Å². The third-order valence-electron chi connectivity index (χ3n) is 15.7. The van der Waals surface area contributed by atoms with Gasteiger partial charge in [-0.2, -0.15) is 0 Å². The quantitative estimate of drug-likeness (QED) is 0.0849. The molecule has 1 N–H and O–H groups in total. The molecule has 9 nitrogen and oxygen atoms in total. The SMILES string of the molecule is COc1cc2c3cc(OC)c4cc(OC)c5ccc6ccc7ccccc7c6c5c4c3op(Oc3ccccc3NC(=O)CCCCC[C@@H](C)c3ccccc3)oc2c2c1cc(OC)c1ccc3ccc4ccccc4c3c12. The first-order valence-corrected chi connectivity index (χ1v) is 27.6. The maximum absolute atomic E-state index is 13.9. The van der Waals surface area contributed by atoms with Crippen LogP contribution in [0.15, 0.2) is 184 Å². The lowest BCUT2D eigenvalue weighted by Gasteiger charge is -2.17. The Bertz CT molecular complexity index is 4360. The summed E-state index contributed by atoms with van der Waals surface area (Å²) in [6, 6.07) is 60.3. The zero-order chi connectivity index (χ0) is 53.0. The van der Waals surface area contributed by atoms with E-state index in [2.05, 4.69) is 140 Å². The minimum atomic E-state index is -2.39. The van der Waals surface area contributed by atoms with Gasteiger partial charge in [0, 0.05) is 60.3 Å². The predicted octanol–water partition coefficient (Wildman–Crippen LogP) is 19.1. The molecule has 0 aliphatic rings. The van der Waals surface area contributed by atoms with E-state index < -0.39 is 8.24 Å². The Morgan fingerprint density at radius 2 is 0.897 bits per heavy atom. The van der Waals surface area contributed by atoms with Crippen molar-refractivity contribution in [2.45, 2.75) is 44.9 Å². The molecule has 0 aliphatic heterocycles. The molecule has 0 radical (unpaired) electrons. The number of fused-ring (bicyclic) bond motifs is 19. The summed E-state index contributed by atoms with van der Waals surface area (Å²) in [6.07, 6.45) is 4.18. The van der Waals surface area contributed by atoms with Crippen LogP contribution in [0.5, 0.6) is 28.7 Å². The molecule has 0 saturated carbocycles. The van der Waals surface area contributed by atoms with E-state index >= 15 is 0 Å². The summed E-state index contributed by atoms with van der Waals surface area (Å²) in [7, 11) is 4.39. The molecule has 10 heteroatoms. The molecule has 13 rings (SSSR count). The molecule has 1 aromatic heterocycles. The fourth-order valence-corrected chi connectivity index (χ4v) is 13.0. The van der Waals surface area contributed by atoms with E-state index in [1.165, 1.54) is 5.56 Å². The molecule has 1 heterocycles. The van der Waals surface area contributed by atoms with Gasteiger partial charge in [-0.15, -0.1) is 0 Å². The molecule has 0 unspecified atom stereocenters. The van der Waals surface area contributed by atoms with Gasteiger partial charge in [-0.1, -0.05) is 147 Å². The molecule has 12 aromatic carbocycles. The maximum Gasteiger partial charge on any atom is 0.453 e. The van der Waals surface area contributed by atoms with Crippen LogP contribution in [0.25, 0.3) is 108 Å². The fourth-order valence-electron chi connectivity index (χ4n) is 11.9. The van der Waals surface area contributed by atoms with Crippen molar-refractivity contribution in [2.24, 2.45) is 0 Å². The predicted molar refractivity (Wildman–Crippen MR) is 322 cm³/mol. The summed E-state index contributed by atoms with van der Waals surface area (Å²) in [5.41, 5.74) is 2.91. The van der Waals surface area contributed by atoms with E-state index in [9.17, 15) is 4.79 Å². The van der Waals surface area contributed by atoms with Crippen molar-refractivity contribution in [1.29, 1.82) is 0 Å². The molecule has 13 aromatic rings. The lowest BCUT2D eigenvalue weighted by molar-refractivity contribution is -0.116. The van der Waals surface area contributed by atoms with Crippen molar-refractivity contribution in [2.75, 3.05) is 33.8 Å². The van der Waals surface area contributed by atoms with Crippen molar-refractivity contribution in [1.82, 2.24) is 0 Å². The van der Waals surface area contributed by atoms with Crippen molar-refractivity contribution >= 4 is 128 Å². The number of methoxy groups -OCH3 is 4. The van der Waals surface area contributed by atoms with Gasteiger partial charge < -0.3 is 37.2 Å². The van der Waals surface area contributed by atoms with Gasteiger partial charge in [0.25, 0.3) is 0 Å². The Labute approximate surface area is 451 Å². The largest absolute Gasteiger partial charge is 0.496 e. The summed E-state index contributed by atoms with van der Waals surface area (Å²) in [5.74, 6) is 3.36. The smallest absolute Gasteiger partial charge is 0.453 e. The first kappa shape index (κ1) is 48.7. The molecule has 78 heavy (non-hydrogen) atoms. The van der Waals surface area contributed by atoms with Gasteiger partial charge in [0.2, 0.25) is 5.91 Å². The minimum absolute atomic E-state index is 0.0939. The average Bonchev–Trinajstić information content (AvgIpc) is 3.81. The second-order valence-corrected chi connectivity index (χ2v) is 21.1. The number of para-hydroxylation sites is 2. The Balaban J connectivity index is 1.09. The maximum atomic E-state index is 13.9. The average molecular weight is 1050 g/mol. The Morgan fingerprint density at radius 1 is 0.436 bits per heavy atom. The fraction of sp³-hybridized carbons (Fsp3) is 0.162. The van der Waals surface area contributed by atoms with Crippen LogP contribution >= 0.6 is 8.24 Å². The third-order valence-corrected chi connectivity index (χ3v) is 16.7. The molecule has 1 atom stereocenters. The van der Waals surface area contributed by atoms with Crippen LogP contribution in [-0.2, 0) is 4.79 Å². The number of hydrogen-bond acceptors (Lipinski definition) is 8. The Kier molecular flexibility index (Phi) is 12.6. The second-order valence-electron chi connectivity index (χ2n) is 20.1. The van der Waals surface area contributed by atoms with Gasteiger partial charge in [0.15, 0.2) is 16.9 Å². The number of carbonyl (C=O) groups is 1. The number of rotatable bonds is 14. The molecular formula is C68H56NO8P. The highest BCUT2D eigenvalue weighted by atomic mass is 31.1. The number of anilines is 1. The summed E-state index contributed by atoms with van der Waals surface area (Å²) in [4.78, 5) is 13.9. The van der Waals surface area contributed by atoms with Gasteiger partial charge in [-0.25, -0.2) is 0 Å². The number of nitrogens with one attached hydrogen (secondary N) is 1. The zero-order valence-corrected chi connectivity index (χ0v) is 45.0. The van der Waals surface area contributed by atoms with Crippen molar-refractivity contribution in [3.8, 4) is 28.7 Å². The molecule has 0 aliphatic carbocycles. The zero-order valence-electron chi connectivity index (χ0n) is 44.1. The number of benzene rings is 12. The third kappa shape index (κ3) is 8.28. The van der Waals surface area contributed by atoms with E-state index in [-0.39, 0.29) is 5.91 Å². The molecule has 0 saturated heterocycles. The van der Waals surface area contributed by atoms with E-state index in [1.54, 1.807) is 28.4 Å². The number of amides is 1. The first-order valence-electron chi connectivity index (χ1n) is 26.5. The van der Waals surface area contributed by atoms with Crippen molar-refractivity contribution in [3.63, 3.8) is 0 Å².